The number of pyridine rings is 1. The van der Waals surface area contributed by atoms with Crippen LogP contribution >= 0.6 is 0 Å². The normalized spacial score (nSPS) is 12.0. The Morgan fingerprint density at radius 1 is 1.26 bits per heavy atom. The summed E-state index contributed by atoms with van der Waals surface area (Å²) in [5.41, 5.74) is 7.62. The van der Waals surface area contributed by atoms with Gasteiger partial charge in [-0.05, 0) is 23.8 Å². The maximum Gasteiger partial charge on any atom is 0.293 e. The minimum Gasteiger partial charge on any atom is -0.491 e. The molecule has 6 heteroatoms. The quantitative estimate of drug-likeness (QED) is 0.706. The molecule has 3 rings (SSSR count). The summed E-state index contributed by atoms with van der Waals surface area (Å²) < 4.78 is 21.4. The number of rotatable bonds is 5. The largest absolute Gasteiger partial charge is 0.491 e. The van der Waals surface area contributed by atoms with Crippen LogP contribution in [0.15, 0.2) is 64.5 Å². The summed E-state index contributed by atoms with van der Waals surface area (Å²) in [6, 6.07) is 13.9. The Morgan fingerprint density at radius 3 is 2.70 bits per heavy atom. The first kappa shape index (κ1) is 18.4. The van der Waals surface area contributed by atoms with E-state index in [4.69, 9.17) is 10.5 Å². The molecule has 0 radical (unpaired) electrons. The Hall–Kier alpha value is -3.41. The van der Waals surface area contributed by atoms with Gasteiger partial charge in [0.15, 0.2) is 5.75 Å². The topological polar surface area (TPSA) is 69.6 Å². The third kappa shape index (κ3) is 3.60. The Morgan fingerprint density at radius 2 is 2.04 bits per heavy atom. The maximum absolute atomic E-state index is 14.7. The Balaban J connectivity index is 2.08. The third-order valence-corrected chi connectivity index (χ3v) is 4.35. The average molecular weight is 365 g/mol. The smallest absolute Gasteiger partial charge is 0.293 e. The summed E-state index contributed by atoms with van der Waals surface area (Å²) >= 11 is 0. The molecule has 3 aromatic rings. The molecule has 0 amide bonds. The Labute approximate surface area is 156 Å². The van der Waals surface area contributed by atoms with Gasteiger partial charge in [0.2, 0.25) is 0 Å². The summed E-state index contributed by atoms with van der Waals surface area (Å²) in [5.74, 6) is -0.201. The van der Waals surface area contributed by atoms with E-state index in [0.29, 0.717) is 22.2 Å². The first-order chi connectivity index (χ1) is 13.1. The number of benzene rings is 2. The molecule has 0 aliphatic rings. The molecule has 0 bridgehead atoms. The maximum atomic E-state index is 14.7. The molecule has 0 aliphatic carbocycles. The van der Waals surface area contributed by atoms with Gasteiger partial charge in [0, 0.05) is 36.0 Å². The lowest BCUT2D eigenvalue weighted by molar-refractivity contribution is 0.405. The fraction of sp³-hybridized carbons (Fsp3) is 0.143. The minimum absolute atomic E-state index is 0.0895. The Bertz CT molecular complexity index is 1100. The number of para-hydroxylation sites is 1. The van der Waals surface area contributed by atoms with Crippen LogP contribution < -0.4 is 16.0 Å². The lowest BCUT2D eigenvalue weighted by Gasteiger charge is -2.13. The second kappa shape index (κ2) is 7.86. The third-order valence-electron chi connectivity index (χ3n) is 4.35. The van der Waals surface area contributed by atoms with Crippen molar-refractivity contribution in [1.29, 1.82) is 0 Å². The van der Waals surface area contributed by atoms with Crippen LogP contribution in [0.3, 0.4) is 0 Å². The molecule has 5 nitrogen and oxygen atoms in total. The number of nitrogens with zero attached hydrogens (tertiary/aromatic N) is 2. The van der Waals surface area contributed by atoms with Gasteiger partial charge in [0.1, 0.15) is 5.82 Å². The first-order valence-electron chi connectivity index (χ1n) is 8.38. The van der Waals surface area contributed by atoms with E-state index in [2.05, 4.69) is 4.99 Å². The Kier molecular flexibility index (Phi) is 5.35. The second-order valence-electron chi connectivity index (χ2n) is 5.98. The lowest BCUT2D eigenvalue weighted by atomic mass is 10.0. The molecule has 0 spiro atoms. The molecule has 27 heavy (non-hydrogen) atoms. The van der Waals surface area contributed by atoms with Gasteiger partial charge in [-0.25, -0.2) is 4.39 Å². The molecule has 0 unspecified atom stereocenters. The van der Waals surface area contributed by atoms with Crippen molar-refractivity contribution in [1.82, 2.24) is 4.57 Å². The summed E-state index contributed by atoms with van der Waals surface area (Å²) in [7, 11) is 3.07. The number of fused-ring (bicyclic) bond motifs is 1. The number of ether oxygens (including phenoxy) is 1. The number of aliphatic imine (C=N–C) groups is 1. The SMILES string of the molecule is CN=CC(=CN)c1ccc(Cn2c(=O)c(OC)cc3ccccc32)c(F)c1. The van der Waals surface area contributed by atoms with Crippen LogP contribution in [-0.4, -0.2) is 24.9 Å². The van der Waals surface area contributed by atoms with Crippen molar-refractivity contribution in [3.8, 4) is 5.75 Å². The van der Waals surface area contributed by atoms with Gasteiger partial charge in [-0.15, -0.1) is 0 Å². The number of halogens is 1. The zero-order valence-corrected chi connectivity index (χ0v) is 15.1. The van der Waals surface area contributed by atoms with Crippen molar-refractivity contribution in [3.63, 3.8) is 0 Å². The number of hydrogen-bond donors (Lipinski definition) is 1. The highest BCUT2D eigenvalue weighted by atomic mass is 19.1. The zero-order valence-electron chi connectivity index (χ0n) is 15.1. The van der Waals surface area contributed by atoms with Crippen molar-refractivity contribution in [2.24, 2.45) is 10.7 Å². The van der Waals surface area contributed by atoms with Crippen LogP contribution in [0.5, 0.6) is 5.75 Å². The predicted molar refractivity (Wildman–Crippen MR) is 107 cm³/mol. The van der Waals surface area contributed by atoms with Crippen molar-refractivity contribution in [3.05, 3.63) is 82.0 Å². The molecule has 0 atom stereocenters. The minimum atomic E-state index is -0.421. The van der Waals surface area contributed by atoms with E-state index in [1.165, 1.54) is 23.9 Å². The molecule has 1 heterocycles. The van der Waals surface area contributed by atoms with E-state index < -0.39 is 5.82 Å². The number of aromatic nitrogens is 1. The lowest BCUT2D eigenvalue weighted by Crippen LogP contribution is -2.22. The van der Waals surface area contributed by atoms with E-state index in [1.807, 2.05) is 24.3 Å². The molecule has 0 fully saturated rings. The van der Waals surface area contributed by atoms with Gasteiger partial charge >= 0.3 is 0 Å². The molecular weight excluding hydrogens is 345 g/mol. The molecule has 0 aliphatic heterocycles. The van der Waals surface area contributed by atoms with Crippen molar-refractivity contribution in [2.75, 3.05) is 14.2 Å². The van der Waals surface area contributed by atoms with Crippen LogP contribution in [-0.2, 0) is 6.54 Å². The van der Waals surface area contributed by atoms with Crippen LogP contribution in [0, 0.1) is 5.82 Å². The molecule has 138 valence electrons. The second-order valence-corrected chi connectivity index (χ2v) is 5.98. The van der Waals surface area contributed by atoms with Crippen LogP contribution in [0.25, 0.3) is 16.5 Å². The number of nitrogens with two attached hydrogens (primary N) is 1. The van der Waals surface area contributed by atoms with Crippen molar-refractivity contribution in [2.45, 2.75) is 6.54 Å². The van der Waals surface area contributed by atoms with E-state index in [1.54, 1.807) is 31.5 Å². The van der Waals surface area contributed by atoms with Crippen LogP contribution in [0.4, 0.5) is 4.39 Å². The highest BCUT2D eigenvalue weighted by Gasteiger charge is 2.13. The molecule has 1 aromatic heterocycles. The summed E-state index contributed by atoms with van der Waals surface area (Å²) in [4.78, 5) is 16.6. The number of methoxy groups -OCH3 is 1. The highest BCUT2D eigenvalue weighted by Crippen LogP contribution is 2.21. The fourth-order valence-corrected chi connectivity index (χ4v) is 2.98. The number of allylic oxidation sites excluding steroid dienone is 1. The zero-order chi connectivity index (χ0) is 19.4. The van der Waals surface area contributed by atoms with Crippen LogP contribution in [0.2, 0.25) is 0 Å². The van der Waals surface area contributed by atoms with Gasteiger partial charge in [0.25, 0.3) is 5.56 Å². The van der Waals surface area contributed by atoms with Gasteiger partial charge in [-0.1, -0.05) is 30.3 Å². The van der Waals surface area contributed by atoms with Gasteiger partial charge in [-0.3, -0.25) is 9.79 Å². The molecule has 0 saturated heterocycles. The number of hydrogen-bond acceptors (Lipinski definition) is 4. The predicted octanol–water partition coefficient (Wildman–Crippen LogP) is 3.20. The molecule has 2 aromatic carbocycles. The first-order valence-corrected chi connectivity index (χ1v) is 8.38. The summed E-state index contributed by atoms with van der Waals surface area (Å²) in [5, 5.41) is 0.846. The van der Waals surface area contributed by atoms with E-state index in [-0.39, 0.29) is 17.9 Å². The van der Waals surface area contributed by atoms with Crippen molar-refractivity contribution >= 4 is 22.7 Å². The van der Waals surface area contributed by atoms with E-state index >= 15 is 0 Å². The summed E-state index contributed by atoms with van der Waals surface area (Å²) in [6.45, 7) is 0.0895. The van der Waals surface area contributed by atoms with Crippen molar-refractivity contribution < 1.29 is 9.13 Å². The summed E-state index contributed by atoms with van der Waals surface area (Å²) in [6.07, 6.45) is 2.94. The molecular formula is C21H20FN3O2. The van der Waals surface area contributed by atoms with Gasteiger partial charge in [0.05, 0.1) is 19.2 Å². The van der Waals surface area contributed by atoms with Gasteiger partial charge < -0.3 is 15.0 Å². The van der Waals surface area contributed by atoms with E-state index in [9.17, 15) is 9.18 Å². The van der Waals surface area contributed by atoms with E-state index in [0.717, 1.165) is 5.39 Å². The molecule has 0 saturated carbocycles. The standard InChI is InChI=1S/C21H20FN3O2/c1-24-12-17(11-23)14-7-8-16(18(22)9-14)13-25-19-6-4-3-5-15(19)10-20(27-2)21(25)26/h3-12H,13,23H2,1-2H3. The van der Waals surface area contributed by atoms with Gasteiger partial charge in [-0.2, -0.15) is 0 Å². The monoisotopic (exact) mass is 365 g/mol. The van der Waals surface area contributed by atoms with Crippen LogP contribution in [0.1, 0.15) is 11.1 Å². The fourth-order valence-electron chi connectivity index (χ4n) is 2.98. The molecule has 2 N–H and O–H groups in total. The average Bonchev–Trinajstić information content (AvgIpc) is 2.69. The highest BCUT2D eigenvalue weighted by molar-refractivity contribution is 6.09.